The molecule has 0 atom stereocenters. The Balaban J connectivity index is 2.40. The van der Waals surface area contributed by atoms with Gasteiger partial charge in [-0.25, -0.2) is 0 Å². The normalized spacial score (nSPS) is 20.5. The molecule has 2 heteroatoms. The van der Waals surface area contributed by atoms with Gasteiger partial charge in [0.15, 0.2) is 5.78 Å². The van der Waals surface area contributed by atoms with E-state index in [0.29, 0.717) is 0 Å². The van der Waals surface area contributed by atoms with Crippen molar-refractivity contribution in [2.24, 2.45) is 5.92 Å². The van der Waals surface area contributed by atoms with Gasteiger partial charge in [-0.3, -0.25) is 4.79 Å². The van der Waals surface area contributed by atoms with Gasteiger partial charge in [0.05, 0.1) is 0 Å². The molecule has 0 saturated heterocycles. The van der Waals surface area contributed by atoms with Crippen LogP contribution >= 0.6 is 11.6 Å². The first kappa shape index (κ1) is 7.80. The van der Waals surface area contributed by atoms with E-state index in [9.17, 15) is 4.79 Å². The first-order chi connectivity index (χ1) is 4.84. The Bertz CT molecular complexity index is 145. The number of carbonyl (C=O) groups is 1. The molecule has 1 rings (SSSR count). The third kappa shape index (κ3) is 1.84. The molecule has 0 spiro atoms. The van der Waals surface area contributed by atoms with Crippen molar-refractivity contribution in [3.63, 3.8) is 0 Å². The second-order valence-electron chi connectivity index (χ2n) is 2.68. The minimum absolute atomic E-state index is 0.201. The summed E-state index contributed by atoms with van der Waals surface area (Å²) in [7, 11) is 0. The first-order valence-electron chi connectivity index (χ1n) is 3.65. The number of allylic oxidation sites excluding steroid dienone is 1. The summed E-state index contributed by atoms with van der Waals surface area (Å²) in [4.78, 5) is 11.1. The quantitative estimate of drug-likeness (QED) is 0.565. The Morgan fingerprint density at radius 3 is 2.50 bits per heavy atom. The predicted octanol–water partition coefficient (Wildman–Crippen LogP) is 2.50. The molecule has 0 aromatic heterocycles. The molecule has 56 valence electrons. The Morgan fingerprint density at radius 2 is 2.00 bits per heavy atom. The predicted molar refractivity (Wildman–Crippen MR) is 42.0 cm³/mol. The Morgan fingerprint density at radius 1 is 1.40 bits per heavy atom. The van der Waals surface area contributed by atoms with E-state index in [0.717, 1.165) is 12.8 Å². The van der Waals surface area contributed by atoms with Crippen LogP contribution in [0.4, 0.5) is 0 Å². The highest BCUT2D eigenvalue weighted by atomic mass is 35.5. The van der Waals surface area contributed by atoms with Crippen LogP contribution in [0.5, 0.6) is 0 Å². The second-order valence-corrected chi connectivity index (χ2v) is 2.93. The fourth-order valence-electron chi connectivity index (χ4n) is 1.41. The minimum Gasteiger partial charge on any atom is -0.295 e. The van der Waals surface area contributed by atoms with Crippen molar-refractivity contribution in [1.29, 1.82) is 0 Å². The summed E-state index contributed by atoms with van der Waals surface area (Å²) in [6, 6.07) is 0. The SMILES string of the molecule is O=C(/C=C/Cl)C1CCCC1. The third-order valence-corrected chi connectivity index (χ3v) is 2.11. The van der Waals surface area contributed by atoms with Crippen LogP contribution in [0.15, 0.2) is 11.6 Å². The van der Waals surface area contributed by atoms with Crippen molar-refractivity contribution in [3.05, 3.63) is 11.6 Å². The van der Waals surface area contributed by atoms with Gasteiger partial charge in [0.25, 0.3) is 0 Å². The number of rotatable bonds is 2. The maximum absolute atomic E-state index is 11.1. The number of carbonyl (C=O) groups excluding carboxylic acids is 1. The topological polar surface area (TPSA) is 17.1 Å². The van der Waals surface area contributed by atoms with Crippen LogP contribution < -0.4 is 0 Å². The summed E-state index contributed by atoms with van der Waals surface area (Å²) in [5, 5.41) is 0. The van der Waals surface area contributed by atoms with Gasteiger partial charge in [-0.15, -0.1) is 0 Å². The molecule has 0 aromatic carbocycles. The molecule has 1 aliphatic rings. The highest BCUT2D eigenvalue weighted by Gasteiger charge is 2.19. The van der Waals surface area contributed by atoms with Gasteiger partial charge >= 0.3 is 0 Å². The van der Waals surface area contributed by atoms with Crippen LogP contribution in [0.1, 0.15) is 25.7 Å². The van der Waals surface area contributed by atoms with Gasteiger partial charge in [0.1, 0.15) is 0 Å². The van der Waals surface area contributed by atoms with Crippen molar-refractivity contribution in [1.82, 2.24) is 0 Å². The molecule has 10 heavy (non-hydrogen) atoms. The highest BCUT2D eigenvalue weighted by molar-refractivity contribution is 6.26. The van der Waals surface area contributed by atoms with E-state index in [-0.39, 0.29) is 11.7 Å². The molecule has 0 aromatic rings. The lowest BCUT2D eigenvalue weighted by molar-refractivity contribution is -0.118. The lowest BCUT2D eigenvalue weighted by Crippen LogP contribution is -2.06. The smallest absolute Gasteiger partial charge is 0.159 e. The van der Waals surface area contributed by atoms with E-state index in [2.05, 4.69) is 0 Å². The van der Waals surface area contributed by atoms with Crippen molar-refractivity contribution < 1.29 is 4.79 Å². The molecule has 1 saturated carbocycles. The van der Waals surface area contributed by atoms with Gasteiger partial charge in [-0.05, 0) is 18.9 Å². The molecule has 0 heterocycles. The van der Waals surface area contributed by atoms with Crippen molar-refractivity contribution in [2.45, 2.75) is 25.7 Å². The van der Waals surface area contributed by atoms with E-state index in [1.54, 1.807) is 0 Å². The maximum Gasteiger partial charge on any atom is 0.159 e. The Labute approximate surface area is 66.1 Å². The molecule has 0 N–H and O–H groups in total. The first-order valence-corrected chi connectivity index (χ1v) is 4.09. The van der Waals surface area contributed by atoms with Crippen LogP contribution in [0.25, 0.3) is 0 Å². The molecule has 1 nitrogen and oxygen atoms in total. The molecule has 0 radical (unpaired) electrons. The van der Waals surface area contributed by atoms with Crippen LogP contribution in [-0.4, -0.2) is 5.78 Å². The molecular formula is C8H11ClO. The molecule has 1 aliphatic carbocycles. The summed E-state index contributed by atoms with van der Waals surface area (Å²) in [6.07, 6.45) is 5.98. The second kappa shape index (κ2) is 3.77. The summed E-state index contributed by atoms with van der Waals surface area (Å²) in [5.41, 5.74) is 1.31. The standard InChI is InChI=1S/C8H11ClO/c9-6-5-8(10)7-3-1-2-4-7/h5-7H,1-4H2/b6-5+. The summed E-state index contributed by atoms with van der Waals surface area (Å²) >= 11 is 5.27. The molecule has 0 aliphatic heterocycles. The maximum atomic E-state index is 11.1. The van der Waals surface area contributed by atoms with Gasteiger partial charge in [0.2, 0.25) is 0 Å². The highest BCUT2D eigenvalue weighted by Crippen LogP contribution is 2.25. The lowest BCUT2D eigenvalue weighted by atomic mass is 10.0. The van der Waals surface area contributed by atoms with Crippen LogP contribution in [0, 0.1) is 5.92 Å². The third-order valence-electron chi connectivity index (χ3n) is 1.98. The zero-order valence-electron chi connectivity index (χ0n) is 5.85. The molecular weight excluding hydrogens is 148 g/mol. The zero-order valence-corrected chi connectivity index (χ0v) is 6.60. The van der Waals surface area contributed by atoms with Crippen LogP contribution in [-0.2, 0) is 4.79 Å². The molecule has 0 amide bonds. The minimum atomic E-state index is 0.201. The van der Waals surface area contributed by atoms with E-state index < -0.39 is 0 Å². The fourth-order valence-corrected chi connectivity index (χ4v) is 1.53. The van der Waals surface area contributed by atoms with Crippen LogP contribution in [0.3, 0.4) is 0 Å². The van der Waals surface area contributed by atoms with Crippen molar-refractivity contribution in [2.75, 3.05) is 0 Å². The van der Waals surface area contributed by atoms with E-state index in [1.165, 1.54) is 24.5 Å². The van der Waals surface area contributed by atoms with Gasteiger partial charge in [-0.1, -0.05) is 24.4 Å². The summed E-state index contributed by atoms with van der Waals surface area (Å²) in [5.74, 6) is 0.475. The number of hydrogen-bond donors (Lipinski definition) is 0. The zero-order chi connectivity index (χ0) is 7.40. The molecule has 0 bridgehead atoms. The van der Waals surface area contributed by atoms with Gasteiger partial charge < -0.3 is 0 Å². The molecule has 1 fully saturated rings. The van der Waals surface area contributed by atoms with E-state index in [4.69, 9.17) is 11.6 Å². The van der Waals surface area contributed by atoms with E-state index in [1.807, 2.05) is 0 Å². The van der Waals surface area contributed by atoms with Crippen LogP contribution in [0.2, 0.25) is 0 Å². The van der Waals surface area contributed by atoms with Gasteiger partial charge in [0, 0.05) is 11.5 Å². The Hall–Kier alpha value is -0.300. The Kier molecular flexibility index (Phi) is 2.94. The van der Waals surface area contributed by atoms with Gasteiger partial charge in [-0.2, -0.15) is 0 Å². The summed E-state index contributed by atoms with van der Waals surface area (Å²) in [6.45, 7) is 0. The average Bonchev–Trinajstić information content (AvgIpc) is 2.38. The van der Waals surface area contributed by atoms with E-state index >= 15 is 0 Å². The van der Waals surface area contributed by atoms with Crippen molar-refractivity contribution >= 4 is 17.4 Å². The monoisotopic (exact) mass is 158 g/mol. The number of hydrogen-bond acceptors (Lipinski definition) is 1. The fraction of sp³-hybridized carbons (Fsp3) is 0.625. The molecule has 0 unspecified atom stereocenters. The summed E-state index contributed by atoms with van der Waals surface area (Å²) < 4.78 is 0. The van der Waals surface area contributed by atoms with Crippen molar-refractivity contribution in [3.8, 4) is 0 Å². The number of ketones is 1. The number of halogens is 1. The lowest BCUT2D eigenvalue weighted by Gasteiger charge is -2.00. The largest absolute Gasteiger partial charge is 0.295 e. The average molecular weight is 159 g/mol.